The Morgan fingerprint density at radius 1 is 1.20 bits per heavy atom. The van der Waals surface area contributed by atoms with Crippen molar-refractivity contribution in [3.63, 3.8) is 0 Å². The molecule has 0 saturated carbocycles. The molecule has 0 amide bonds. The number of rotatable bonds is 2. The minimum Gasteiger partial charge on any atom is -0.243 e. The Hall–Kier alpha value is -1.21. The van der Waals surface area contributed by atoms with Gasteiger partial charge in [-0.3, -0.25) is 0 Å². The van der Waals surface area contributed by atoms with Crippen molar-refractivity contribution in [3.8, 4) is 0 Å². The quantitative estimate of drug-likeness (QED) is 0.728. The van der Waals surface area contributed by atoms with Gasteiger partial charge in [-0.1, -0.05) is 5.21 Å². The van der Waals surface area contributed by atoms with Crippen LogP contribution in [-0.4, -0.2) is 21.2 Å². The Morgan fingerprint density at radius 2 is 1.73 bits per heavy atom. The maximum atomic E-state index is 13.0. The molecular weight excluding hydrogens is 221 g/mol. The molecule has 1 aromatic rings. The molecule has 0 bridgehead atoms. The van der Waals surface area contributed by atoms with Crippen LogP contribution < -0.4 is 0 Å². The molecule has 0 saturated heterocycles. The molecule has 8 heteroatoms. The van der Waals surface area contributed by atoms with Crippen molar-refractivity contribution < 1.29 is 22.0 Å². The summed E-state index contributed by atoms with van der Waals surface area (Å²) in [5, 5.41) is 6.40. The van der Waals surface area contributed by atoms with Crippen LogP contribution in [0.5, 0.6) is 0 Å². The summed E-state index contributed by atoms with van der Waals surface area (Å²) in [6.07, 6.45) is -5.63. The highest BCUT2D eigenvalue weighted by Gasteiger charge is 2.61. The van der Waals surface area contributed by atoms with Crippen molar-refractivity contribution in [1.82, 2.24) is 15.0 Å². The molecule has 15 heavy (non-hydrogen) atoms. The molecule has 0 radical (unpaired) electrons. The third-order valence-electron chi connectivity index (χ3n) is 1.86. The summed E-state index contributed by atoms with van der Waals surface area (Å²) in [4.78, 5) is 0. The van der Waals surface area contributed by atoms with Gasteiger partial charge in [-0.25, -0.2) is 4.68 Å². The van der Waals surface area contributed by atoms with Gasteiger partial charge in [0, 0.05) is 6.54 Å². The predicted octanol–water partition coefficient (Wildman–Crippen LogP) is 2.26. The fourth-order valence-corrected chi connectivity index (χ4v) is 1.14. The van der Waals surface area contributed by atoms with E-state index < -0.39 is 23.5 Å². The minimum atomic E-state index is -5.63. The van der Waals surface area contributed by atoms with Crippen molar-refractivity contribution in [2.75, 3.05) is 0 Å². The molecule has 0 aliphatic heterocycles. The Labute approximate surface area is 81.9 Å². The van der Waals surface area contributed by atoms with Gasteiger partial charge >= 0.3 is 12.1 Å². The first-order valence-corrected chi connectivity index (χ1v) is 4.07. The van der Waals surface area contributed by atoms with Crippen LogP contribution in [0.4, 0.5) is 22.0 Å². The van der Waals surface area contributed by atoms with Crippen molar-refractivity contribution in [3.05, 3.63) is 11.4 Å². The zero-order valence-corrected chi connectivity index (χ0v) is 7.94. The Kier molecular flexibility index (Phi) is 2.71. The summed E-state index contributed by atoms with van der Waals surface area (Å²) >= 11 is 0. The lowest BCUT2D eigenvalue weighted by Gasteiger charge is -2.20. The highest BCUT2D eigenvalue weighted by atomic mass is 19.4. The summed E-state index contributed by atoms with van der Waals surface area (Å²) in [5.74, 6) is -4.92. The number of hydrogen-bond acceptors (Lipinski definition) is 2. The van der Waals surface area contributed by atoms with E-state index in [1.807, 2.05) is 0 Å². The first-order chi connectivity index (χ1) is 6.71. The summed E-state index contributed by atoms with van der Waals surface area (Å²) in [7, 11) is 0. The SMILES string of the molecule is CCn1nnc(C)c1C(F)(F)C(F)(F)F. The van der Waals surface area contributed by atoms with E-state index in [9.17, 15) is 22.0 Å². The van der Waals surface area contributed by atoms with E-state index in [0.717, 1.165) is 6.92 Å². The van der Waals surface area contributed by atoms with Gasteiger partial charge in [0.2, 0.25) is 0 Å². The zero-order chi connectivity index (χ0) is 11.9. The summed E-state index contributed by atoms with van der Waals surface area (Å²) in [6, 6.07) is 0. The molecule has 0 aromatic carbocycles. The lowest BCUT2D eigenvalue weighted by atomic mass is 10.2. The second-order valence-corrected chi connectivity index (χ2v) is 2.91. The van der Waals surface area contributed by atoms with E-state index in [4.69, 9.17) is 0 Å². The highest BCUT2D eigenvalue weighted by Crippen LogP contribution is 2.44. The Bertz CT molecular complexity index is 354. The molecular formula is C7H8F5N3. The van der Waals surface area contributed by atoms with Crippen LogP contribution >= 0.6 is 0 Å². The monoisotopic (exact) mass is 229 g/mol. The van der Waals surface area contributed by atoms with E-state index in [1.165, 1.54) is 6.92 Å². The van der Waals surface area contributed by atoms with Gasteiger partial charge < -0.3 is 0 Å². The minimum absolute atomic E-state index is 0.0954. The number of alkyl halides is 5. The van der Waals surface area contributed by atoms with E-state index in [0.29, 0.717) is 4.68 Å². The van der Waals surface area contributed by atoms with Crippen molar-refractivity contribution in [2.45, 2.75) is 32.5 Å². The van der Waals surface area contributed by atoms with Crippen LogP contribution in [0.1, 0.15) is 18.3 Å². The van der Waals surface area contributed by atoms with Gasteiger partial charge in [0.1, 0.15) is 5.69 Å². The predicted molar refractivity (Wildman–Crippen MR) is 40.4 cm³/mol. The molecule has 0 atom stereocenters. The van der Waals surface area contributed by atoms with Crippen LogP contribution in [0.25, 0.3) is 0 Å². The maximum Gasteiger partial charge on any atom is 0.459 e. The third kappa shape index (κ3) is 1.80. The van der Waals surface area contributed by atoms with E-state index in [1.54, 1.807) is 0 Å². The Balaban J connectivity index is 3.31. The number of hydrogen-bond donors (Lipinski definition) is 0. The van der Waals surface area contributed by atoms with Gasteiger partial charge in [0.05, 0.1) is 5.69 Å². The summed E-state index contributed by atoms with van der Waals surface area (Å²) < 4.78 is 62.7. The summed E-state index contributed by atoms with van der Waals surface area (Å²) in [5.41, 5.74) is -1.61. The van der Waals surface area contributed by atoms with Gasteiger partial charge in [0.25, 0.3) is 0 Å². The molecule has 1 aromatic heterocycles. The van der Waals surface area contributed by atoms with Gasteiger partial charge in [0.15, 0.2) is 0 Å². The first kappa shape index (κ1) is 11.9. The first-order valence-electron chi connectivity index (χ1n) is 4.07. The highest BCUT2D eigenvalue weighted by molar-refractivity contribution is 5.16. The average Bonchev–Trinajstić information content (AvgIpc) is 2.44. The second-order valence-electron chi connectivity index (χ2n) is 2.91. The maximum absolute atomic E-state index is 13.0. The number of aryl methyl sites for hydroxylation is 2. The van der Waals surface area contributed by atoms with Gasteiger partial charge in [-0.15, -0.1) is 5.10 Å². The second kappa shape index (κ2) is 3.42. The normalized spacial score (nSPS) is 13.3. The zero-order valence-electron chi connectivity index (χ0n) is 7.94. The van der Waals surface area contributed by atoms with Crippen molar-refractivity contribution in [2.24, 2.45) is 0 Å². The topological polar surface area (TPSA) is 30.7 Å². The molecule has 0 unspecified atom stereocenters. The molecule has 86 valence electrons. The smallest absolute Gasteiger partial charge is 0.243 e. The molecule has 0 fully saturated rings. The summed E-state index contributed by atoms with van der Waals surface area (Å²) in [6.45, 7) is 2.38. The van der Waals surface area contributed by atoms with Crippen LogP contribution in [0, 0.1) is 6.92 Å². The molecule has 1 rings (SSSR count). The largest absolute Gasteiger partial charge is 0.459 e. The van der Waals surface area contributed by atoms with E-state index >= 15 is 0 Å². The van der Waals surface area contributed by atoms with Gasteiger partial charge in [-0.05, 0) is 13.8 Å². The molecule has 3 nitrogen and oxygen atoms in total. The lowest BCUT2D eigenvalue weighted by molar-refractivity contribution is -0.292. The molecule has 0 aliphatic rings. The Morgan fingerprint density at radius 3 is 2.13 bits per heavy atom. The molecule has 1 heterocycles. The van der Waals surface area contributed by atoms with E-state index in [2.05, 4.69) is 10.3 Å². The molecule has 0 spiro atoms. The van der Waals surface area contributed by atoms with Crippen molar-refractivity contribution in [1.29, 1.82) is 0 Å². The van der Waals surface area contributed by atoms with Crippen LogP contribution in [-0.2, 0) is 12.5 Å². The van der Waals surface area contributed by atoms with Crippen LogP contribution in [0.15, 0.2) is 0 Å². The van der Waals surface area contributed by atoms with Gasteiger partial charge in [-0.2, -0.15) is 22.0 Å². The fraction of sp³-hybridized carbons (Fsp3) is 0.714. The lowest BCUT2D eigenvalue weighted by Crippen LogP contribution is -2.36. The number of nitrogens with zero attached hydrogens (tertiary/aromatic N) is 3. The molecule has 0 aliphatic carbocycles. The van der Waals surface area contributed by atoms with E-state index in [-0.39, 0.29) is 6.54 Å². The molecule has 0 N–H and O–H groups in total. The van der Waals surface area contributed by atoms with Crippen LogP contribution in [0.3, 0.4) is 0 Å². The van der Waals surface area contributed by atoms with Crippen LogP contribution in [0.2, 0.25) is 0 Å². The van der Waals surface area contributed by atoms with Crippen molar-refractivity contribution >= 4 is 0 Å². The fourth-order valence-electron chi connectivity index (χ4n) is 1.14. The number of halogens is 5. The third-order valence-corrected chi connectivity index (χ3v) is 1.86. The average molecular weight is 229 g/mol. The number of aromatic nitrogens is 3. The standard InChI is InChI=1S/C7H8F5N3/c1-3-15-5(4(2)13-14-15)6(8,9)7(10,11)12/h3H2,1-2H3.